The van der Waals surface area contributed by atoms with Gasteiger partial charge in [-0.25, -0.2) is 0 Å². The standard InChI is InChI=1S/C17H22O2/c1-5-13-6-8-14(9-7-13)10-11-15(18)12-16(19)17(2,3)4/h5-9,12,19H,1,10-11H2,2-4H3. The molecule has 0 aliphatic heterocycles. The minimum absolute atomic E-state index is 0.0415. The van der Waals surface area contributed by atoms with Gasteiger partial charge in [-0.05, 0) is 17.5 Å². The maximum absolute atomic E-state index is 11.7. The van der Waals surface area contributed by atoms with E-state index in [2.05, 4.69) is 6.58 Å². The monoisotopic (exact) mass is 258 g/mol. The fourth-order valence-corrected chi connectivity index (χ4v) is 1.53. The van der Waals surface area contributed by atoms with Gasteiger partial charge < -0.3 is 5.11 Å². The van der Waals surface area contributed by atoms with Gasteiger partial charge >= 0.3 is 0 Å². The minimum atomic E-state index is -0.374. The van der Waals surface area contributed by atoms with Crippen molar-refractivity contribution in [2.75, 3.05) is 0 Å². The van der Waals surface area contributed by atoms with Crippen molar-refractivity contribution in [2.24, 2.45) is 5.41 Å². The molecule has 0 aliphatic carbocycles. The second kappa shape index (κ2) is 6.37. The molecule has 0 spiro atoms. The van der Waals surface area contributed by atoms with E-state index in [1.165, 1.54) is 6.08 Å². The Morgan fingerprint density at radius 1 is 1.26 bits per heavy atom. The highest BCUT2D eigenvalue weighted by Crippen LogP contribution is 2.22. The number of carbonyl (C=O) groups is 1. The summed E-state index contributed by atoms with van der Waals surface area (Å²) in [4.78, 5) is 11.7. The van der Waals surface area contributed by atoms with Crippen LogP contribution in [-0.2, 0) is 11.2 Å². The number of aryl methyl sites for hydroxylation is 1. The number of allylic oxidation sites excluding steroid dienone is 2. The van der Waals surface area contributed by atoms with Crippen LogP contribution in [0.1, 0.15) is 38.3 Å². The van der Waals surface area contributed by atoms with Gasteiger partial charge in [-0.3, -0.25) is 4.79 Å². The molecule has 0 saturated heterocycles. The topological polar surface area (TPSA) is 37.3 Å². The van der Waals surface area contributed by atoms with Gasteiger partial charge in [-0.2, -0.15) is 0 Å². The third-order valence-corrected chi connectivity index (χ3v) is 2.94. The predicted molar refractivity (Wildman–Crippen MR) is 80.0 cm³/mol. The highest BCUT2D eigenvalue weighted by Gasteiger charge is 2.16. The van der Waals surface area contributed by atoms with Gasteiger partial charge in [0.25, 0.3) is 0 Å². The Bertz CT molecular complexity index is 473. The largest absolute Gasteiger partial charge is 0.512 e. The van der Waals surface area contributed by atoms with E-state index in [-0.39, 0.29) is 17.0 Å². The van der Waals surface area contributed by atoms with Crippen LogP contribution in [0.3, 0.4) is 0 Å². The Labute approximate surface area is 115 Å². The molecule has 0 heterocycles. The lowest BCUT2D eigenvalue weighted by Crippen LogP contribution is -2.11. The van der Waals surface area contributed by atoms with Crippen LogP contribution in [0.15, 0.2) is 42.7 Å². The van der Waals surface area contributed by atoms with Crippen LogP contribution in [0, 0.1) is 5.41 Å². The molecular formula is C17H22O2. The van der Waals surface area contributed by atoms with Gasteiger partial charge in [0.05, 0.1) is 0 Å². The lowest BCUT2D eigenvalue weighted by Gasteiger charge is -2.16. The Hall–Kier alpha value is -1.83. The van der Waals surface area contributed by atoms with Crippen molar-refractivity contribution in [1.82, 2.24) is 0 Å². The van der Waals surface area contributed by atoms with E-state index < -0.39 is 0 Å². The molecule has 2 nitrogen and oxygen atoms in total. The van der Waals surface area contributed by atoms with Gasteiger partial charge in [0, 0.05) is 17.9 Å². The number of aliphatic hydroxyl groups is 1. The van der Waals surface area contributed by atoms with Crippen LogP contribution < -0.4 is 0 Å². The predicted octanol–water partition coefficient (Wildman–Crippen LogP) is 4.32. The first-order chi connectivity index (χ1) is 8.82. The Balaban J connectivity index is 2.57. The van der Waals surface area contributed by atoms with Crippen molar-refractivity contribution in [2.45, 2.75) is 33.6 Å². The average Bonchev–Trinajstić information content (AvgIpc) is 2.35. The Kier molecular flexibility index (Phi) is 5.11. The summed E-state index contributed by atoms with van der Waals surface area (Å²) in [5.74, 6) is 0.0970. The normalized spacial score (nSPS) is 12.3. The van der Waals surface area contributed by atoms with Crippen molar-refractivity contribution < 1.29 is 9.90 Å². The molecule has 0 aromatic heterocycles. The Morgan fingerprint density at radius 2 is 1.84 bits per heavy atom. The molecule has 2 heteroatoms. The van der Waals surface area contributed by atoms with E-state index in [0.717, 1.165) is 11.1 Å². The van der Waals surface area contributed by atoms with Crippen molar-refractivity contribution in [3.63, 3.8) is 0 Å². The van der Waals surface area contributed by atoms with E-state index >= 15 is 0 Å². The molecule has 1 rings (SSSR count). The number of ketones is 1. The summed E-state index contributed by atoms with van der Waals surface area (Å²) in [5.41, 5.74) is 1.81. The van der Waals surface area contributed by atoms with Crippen LogP contribution >= 0.6 is 0 Å². The highest BCUT2D eigenvalue weighted by molar-refractivity contribution is 5.90. The first-order valence-electron chi connectivity index (χ1n) is 6.48. The van der Waals surface area contributed by atoms with E-state index in [1.54, 1.807) is 6.08 Å². The first-order valence-corrected chi connectivity index (χ1v) is 6.48. The smallest absolute Gasteiger partial charge is 0.159 e. The quantitative estimate of drug-likeness (QED) is 0.631. The fraction of sp³-hybridized carbons (Fsp3) is 0.353. The second-order valence-electron chi connectivity index (χ2n) is 5.69. The Morgan fingerprint density at radius 3 is 2.32 bits per heavy atom. The SMILES string of the molecule is C=Cc1ccc(CCC(=O)C=C(O)C(C)(C)C)cc1. The van der Waals surface area contributed by atoms with Gasteiger partial charge in [0.2, 0.25) is 0 Å². The molecule has 1 aromatic carbocycles. The molecule has 1 N–H and O–H groups in total. The minimum Gasteiger partial charge on any atom is -0.512 e. The summed E-state index contributed by atoms with van der Waals surface area (Å²) in [5, 5.41) is 9.75. The third-order valence-electron chi connectivity index (χ3n) is 2.94. The van der Waals surface area contributed by atoms with Crippen molar-refractivity contribution in [1.29, 1.82) is 0 Å². The molecule has 102 valence electrons. The van der Waals surface area contributed by atoms with E-state index in [1.807, 2.05) is 45.0 Å². The molecular weight excluding hydrogens is 236 g/mol. The van der Waals surface area contributed by atoms with Gasteiger partial charge in [0.15, 0.2) is 5.78 Å². The van der Waals surface area contributed by atoms with E-state index in [9.17, 15) is 9.90 Å². The summed E-state index contributed by atoms with van der Waals surface area (Å²) in [7, 11) is 0. The lowest BCUT2D eigenvalue weighted by atomic mass is 9.92. The zero-order valence-electron chi connectivity index (χ0n) is 11.9. The highest BCUT2D eigenvalue weighted by atomic mass is 16.3. The van der Waals surface area contributed by atoms with Crippen LogP contribution in [0.2, 0.25) is 0 Å². The van der Waals surface area contributed by atoms with Crippen LogP contribution in [0.25, 0.3) is 6.08 Å². The molecule has 0 fully saturated rings. The second-order valence-corrected chi connectivity index (χ2v) is 5.69. The van der Waals surface area contributed by atoms with Crippen LogP contribution in [-0.4, -0.2) is 10.9 Å². The van der Waals surface area contributed by atoms with Crippen molar-refractivity contribution in [3.05, 3.63) is 53.8 Å². The third kappa shape index (κ3) is 5.12. The van der Waals surface area contributed by atoms with Gasteiger partial charge in [-0.15, -0.1) is 0 Å². The number of hydrogen-bond acceptors (Lipinski definition) is 2. The zero-order valence-corrected chi connectivity index (χ0v) is 11.9. The van der Waals surface area contributed by atoms with Crippen molar-refractivity contribution in [3.8, 4) is 0 Å². The average molecular weight is 258 g/mol. The molecule has 0 amide bonds. The zero-order chi connectivity index (χ0) is 14.5. The maximum atomic E-state index is 11.7. The van der Waals surface area contributed by atoms with Crippen LogP contribution in [0.5, 0.6) is 0 Å². The number of rotatable bonds is 5. The van der Waals surface area contributed by atoms with E-state index in [4.69, 9.17) is 0 Å². The summed E-state index contributed by atoms with van der Waals surface area (Å²) >= 11 is 0. The maximum Gasteiger partial charge on any atom is 0.159 e. The number of benzene rings is 1. The van der Waals surface area contributed by atoms with Crippen LogP contribution in [0.4, 0.5) is 0 Å². The van der Waals surface area contributed by atoms with Crippen molar-refractivity contribution >= 4 is 11.9 Å². The summed E-state index contributed by atoms with van der Waals surface area (Å²) in [6, 6.07) is 7.96. The van der Waals surface area contributed by atoms with Gasteiger partial charge in [-0.1, -0.05) is 57.7 Å². The molecule has 0 bridgehead atoms. The summed E-state index contributed by atoms with van der Waals surface area (Å²) < 4.78 is 0. The molecule has 0 atom stereocenters. The summed E-state index contributed by atoms with van der Waals surface area (Å²) in [6.07, 6.45) is 4.23. The fourth-order valence-electron chi connectivity index (χ4n) is 1.53. The molecule has 0 radical (unpaired) electrons. The summed E-state index contributed by atoms with van der Waals surface area (Å²) in [6.45, 7) is 9.33. The molecule has 19 heavy (non-hydrogen) atoms. The molecule has 0 aliphatic rings. The first kappa shape index (κ1) is 15.2. The number of hydrogen-bond donors (Lipinski definition) is 1. The number of carbonyl (C=O) groups excluding carboxylic acids is 1. The molecule has 0 unspecified atom stereocenters. The van der Waals surface area contributed by atoms with Gasteiger partial charge in [0.1, 0.15) is 5.76 Å². The molecule has 0 saturated carbocycles. The molecule has 1 aromatic rings. The lowest BCUT2D eigenvalue weighted by molar-refractivity contribution is -0.114. The van der Waals surface area contributed by atoms with E-state index in [0.29, 0.717) is 12.8 Å². The number of aliphatic hydroxyl groups excluding tert-OH is 1.